The van der Waals surface area contributed by atoms with E-state index in [4.69, 9.17) is 5.73 Å². The molecule has 7 N–H and O–H groups in total. The van der Waals surface area contributed by atoms with Crippen LogP contribution in [0.2, 0.25) is 0 Å². The molecule has 178 valence electrons. The molecule has 0 aromatic heterocycles. The van der Waals surface area contributed by atoms with Crippen LogP contribution in [0.3, 0.4) is 0 Å². The zero-order valence-corrected chi connectivity index (χ0v) is 18.7. The lowest BCUT2D eigenvalue weighted by Gasteiger charge is -2.58. The van der Waals surface area contributed by atoms with Crippen LogP contribution >= 0.6 is 0 Å². The van der Waals surface area contributed by atoms with Gasteiger partial charge in [0.25, 0.3) is 0 Å². The molecule has 0 radical (unpaired) electrons. The second-order valence-corrected chi connectivity index (χ2v) is 9.96. The number of aliphatic hydroxyl groups excluding tert-OH is 3. The Hall–Kier alpha value is -2.79. The first-order valence-corrected chi connectivity index (χ1v) is 10.6. The molecular formula is C23H28N2O8. The number of nitrogens with zero attached hydrogens (tertiary/aromatic N) is 1. The largest absolute Gasteiger partial charge is 0.507 e. The molecule has 3 aliphatic carbocycles. The van der Waals surface area contributed by atoms with E-state index in [9.17, 15) is 39.9 Å². The van der Waals surface area contributed by atoms with Crippen molar-refractivity contribution in [2.75, 3.05) is 14.1 Å². The van der Waals surface area contributed by atoms with Gasteiger partial charge in [-0.25, -0.2) is 0 Å². The van der Waals surface area contributed by atoms with Gasteiger partial charge in [0, 0.05) is 28.9 Å². The molecule has 0 spiro atoms. The molecule has 0 saturated heterocycles. The molecule has 0 heterocycles. The number of carbonyl (C=O) groups excluding carboxylic acids is 3. The third-order valence-electron chi connectivity index (χ3n) is 7.72. The summed E-state index contributed by atoms with van der Waals surface area (Å²) in [5.41, 5.74) is 1.40. The summed E-state index contributed by atoms with van der Waals surface area (Å²) in [4.78, 5) is 40.6. The van der Waals surface area contributed by atoms with Gasteiger partial charge in [-0.15, -0.1) is 0 Å². The number of phenols is 1. The van der Waals surface area contributed by atoms with Crippen molar-refractivity contribution in [3.8, 4) is 5.75 Å². The van der Waals surface area contributed by atoms with Crippen LogP contribution in [0, 0.1) is 17.8 Å². The van der Waals surface area contributed by atoms with Gasteiger partial charge in [0.2, 0.25) is 11.7 Å². The number of aliphatic hydroxyl groups is 4. The molecule has 1 amide bonds. The smallest absolute Gasteiger partial charge is 0.230 e. The summed E-state index contributed by atoms with van der Waals surface area (Å²) in [5.74, 6) is -9.19. The van der Waals surface area contributed by atoms with Crippen LogP contribution in [-0.2, 0) is 19.8 Å². The normalized spacial score (nSPS) is 37.5. The molecule has 1 aromatic rings. The molecule has 7 atom stereocenters. The predicted molar refractivity (Wildman–Crippen MR) is 115 cm³/mol. The summed E-state index contributed by atoms with van der Waals surface area (Å²) in [6, 6.07) is 3.35. The van der Waals surface area contributed by atoms with E-state index in [0.29, 0.717) is 5.56 Å². The van der Waals surface area contributed by atoms with Gasteiger partial charge in [0.15, 0.2) is 11.4 Å². The molecule has 1 aromatic carbocycles. The average Bonchev–Trinajstić information content (AvgIpc) is 2.70. The second kappa shape index (κ2) is 7.10. The number of fused-ring (bicyclic) bond motifs is 3. The maximum absolute atomic E-state index is 13.8. The minimum atomic E-state index is -2.93. The number of primary amides is 1. The quantitative estimate of drug-likeness (QED) is 0.296. The molecule has 3 aliphatic rings. The van der Waals surface area contributed by atoms with Crippen LogP contribution in [0.25, 0.3) is 5.76 Å². The van der Waals surface area contributed by atoms with Crippen LogP contribution < -0.4 is 5.73 Å². The standard InChI is InChI=1S/C23H28N2O8/c1-22(2)8-6-5-7-9(26)10(8)16(27)11-13(22)18(29)14-15(25(3)4)17(28)12(21(24)32)20(31)23(14,33)19(11)30/h5-7,12-15,17-18,26-29,33H,1-4H3,(H2,24,32)/t12-,13-,14-,15+,17-,18+,23+/m1/s1. The number of amides is 1. The third-order valence-corrected chi connectivity index (χ3v) is 7.72. The van der Waals surface area contributed by atoms with Gasteiger partial charge in [0.1, 0.15) is 17.4 Å². The van der Waals surface area contributed by atoms with Gasteiger partial charge in [0.05, 0.1) is 17.8 Å². The van der Waals surface area contributed by atoms with Crippen LogP contribution in [-0.4, -0.2) is 85.9 Å². The average molecular weight is 460 g/mol. The third kappa shape index (κ3) is 2.72. The molecule has 33 heavy (non-hydrogen) atoms. The lowest BCUT2D eigenvalue weighted by atomic mass is 9.49. The number of rotatable bonds is 2. The Bertz CT molecular complexity index is 1110. The number of phenolic OH excluding ortho intramolecular Hbond substituents is 1. The van der Waals surface area contributed by atoms with Crippen molar-refractivity contribution < 1.29 is 39.9 Å². The first-order chi connectivity index (χ1) is 15.2. The molecule has 0 aliphatic heterocycles. The summed E-state index contributed by atoms with van der Waals surface area (Å²) in [7, 11) is 3.03. The topological polar surface area (TPSA) is 182 Å². The van der Waals surface area contributed by atoms with E-state index in [2.05, 4.69) is 0 Å². The van der Waals surface area contributed by atoms with E-state index >= 15 is 0 Å². The van der Waals surface area contributed by atoms with Gasteiger partial charge >= 0.3 is 0 Å². The number of benzene rings is 1. The number of hydrogen-bond acceptors (Lipinski definition) is 9. The van der Waals surface area contributed by atoms with E-state index < -0.39 is 75.8 Å². The summed E-state index contributed by atoms with van der Waals surface area (Å²) >= 11 is 0. The molecule has 2 saturated carbocycles. The van der Waals surface area contributed by atoms with Crippen LogP contribution in [0.4, 0.5) is 0 Å². The fourth-order valence-corrected chi connectivity index (χ4v) is 6.25. The fourth-order valence-electron chi connectivity index (χ4n) is 6.25. The van der Waals surface area contributed by atoms with Crippen LogP contribution in [0.5, 0.6) is 5.75 Å². The SMILES string of the molecule is CN(C)[C@@H]1[C@H](O)[C@@H](C(N)=O)C(=O)[C@@]2(O)C(=O)C3=C(O)c4c(O)cccc4C(C)(C)[C@H]3[C@H](O)[C@@H]12. The number of hydrogen-bond donors (Lipinski definition) is 6. The molecule has 10 nitrogen and oxygen atoms in total. The van der Waals surface area contributed by atoms with Gasteiger partial charge in [-0.05, 0) is 25.7 Å². The number of ketones is 2. The van der Waals surface area contributed by atoms with Gasteiger partial charge < -0.3 is 36.2 Å². The summed E-state index contributed by atoms with van der Waals surface area (Å²) in [6.07, 6.45) is -3.27. The van der Waals surface area contributed by atoms with E-state index in [1.807, 2.05) is 0 Å². The fraction of sp³-hybridized carbons (Fsp3) is 0.522. The highest BCUT2D eigenvalue weighted by atomic mass is 16.3. The highest BCUT2D eigenvalue weighted by molar-refractivity contribution is 6.25. The minimum Gasteiger partial charge on any atom is -0.507 e. The Morgan fingerprint density at radius 3 is 2.24 bits per heavy atom. The highest BCUT2D eigenvalue weighted by Gasteiger charge is 2.72. The first kappa shape index (κ1) is 23.4. The number of Topliss-reactive ketones (excluding diaryl/α,β-unsaturated/α-hetero) is 2. The highest BCUT2D eigenvalue weighted by Crippen LogP contribution is 2.57. The second-order valence-electron chi connectivity index (χ2n) is 9.96. The summed E-state index contributed by atoms with van der Waals surface area (Å²) in [5, 5.41) is 55.5. The van der Waals surface area contributed by atoms with E-state index in [1.54, 1.807) is 26.0 Å². The van der Waals surface area contributed by atoms with Gasteiger partial charge in [-0.1, -0.05) is 26.0 Å². The summed E-state index contributed by atoms with van der Waals surface area (Å²) < 4.78 is 0. The van der Waals surface area contributed by atoms with Crippen molar-refractivity contribution in [1.29, 1.82) is 0 Å². The zero-order valence-electron chi connectivity index (χ0n) is 18.7. The van der Waals surface area contributed by atoms with Gasteiger partial charge in [-0.2, -0.15) is 0 Å². The van der Waals surface area contributed by atoms with Crippen molar-refractivity contribution in [3.05, 3.63) is 34.9 Å². The lowest BCUT2D eigenvalue weighted by molar-refractivity contribution is -0.200. The molecule has 4 rings (SSSR count). The van der Waals surface area contributed by atoms with Crippen molar-refractivity contribution in [1.82, 2.24) is 4.90 Å². The first-order valence-electron chi connectivity index (χ1n) is 10.6. The lowest BCUT2D eigenvalue weighted by Crippen LogP contribution is -2.77. The predicted octanol–water partition coefficient (Wildman–Crippen LogP) is -1.17. The van der Waals surface area contributed by atoms with E-state index in [1.165, 1.54) is 25.1 Å². The van der Waals surface area contributed by atoms with Crippen molar-refractivity contribution in [3.63, 3.8) is 0 Å². The zero-order chi connectivity index (χ0) is 24.8. The molecule has 0 unspecified atom stereocenters. The Balaban J connectivity index is 2.05. The summed E-state index contributed by atoms with van der Waals surface area (Å²) in [6.45, 7) is 3.42. The van der Waals surface area contributed by atoms with Crippen molar-refractivity contribution in [2.45, 2.75) is 43.1 Å². The van der Waals surface area contributed by atoms with Crippen molar-refractivity contribution >= 4 is 23.2 Å². The van der Waals surface area contributed by atoms with Crippen LogP contribution in [0.1, 0.15) is 25.0 Å². The maximum Gasteiger partial charge on any atom is 0.230 e. The van der Waals surface area contributed by atoms with E-state index in [0.717, 1.165) is 0 Å². The molecular weight excluding hydrogens is 432 g/mol. The molecule has 2 fully saturated rings. The Morgan fingerprint density at radius 1 is 1.09 bits per heavy atom. The molecule has 0 bridgehead atoms. The Kier molecular flexibility index (Phi) is 5.03. The Morgan fingerprint density at radius 2 is 1.70 bits per heavy atom. The minimum absolute atomic E-state index is 0.0322. The van der Waals surface area contributed by atoms with Crippen LogP contribution in [0.15, 0.2) is 23.8 Å². The van der Waals surface area contributed by atoms with Gasteiger partial charge in [-0.3, -0.25) is 14.4 Å². The number of aromatic hydroxyl groups is 1. The Labute approximate surface area is 189 Å². The number of carbonyl (C=O) groups is 3. The van der Waals surface area contributed by atoms with E-state index in [-0.39, 0.29) is 11.3 Å². The monoisotopic (exact) mass is 460 g/mol. The molecule has 10 heteroatoms. The number of nitrogens with two attached hydrogens (primary N) is 1. The maximum atomic E-state index is 13.8. The number of likely N-dealkylation sites (N-methyl/N-ethyl adjacent to an activating group) is 1. The van der Waals surface area contributed by atoms with Crippen molar-refractivity contribution in [2.24, 2.45) is 23.5 Å².